The highest BCUT2D eigenvalue weighted by molar-refractivity contribution is 5.55. The molecule has 0 amide bonds. The molecule has 0 saturated carbocycles. The molecule has 0 spiro atoms. The minimum Gasteiger partial charge on any atom is -0.491 e. The van der Waals surface area contributed by atoms with Crippen molar-refractivity contribution in [2.75, 3.05) is 0 Å². The molecular formula is C15H21N3O2. The Kier molecular flexibility index (Phi) is 4.09. The summed E-state index contributed by atoms with van der Waals surface area (Å²) in [6, 6.07) is 7.60. The van der Waals surface area contributed by atoms with Crippen LogP contribution in [0.2, 0.25) is 0 Å². The van der Waals surface area contributed by atoms with Crippen molar-refractivity contribution in [3.63, 3.8) is 0 Å². The predicted octanol–water partition coefficient (Wildman–Crippen LogP) is 3.11. The fourth-order valence-corrected chi connectivity index (χ4v) is 1.71. The zero-order valence-corrected chi connectivity index (χ0v) is 12.4. The molecule has 108 valence electrons. The van der Waals surface area contributed by atoms with Crippen molar-refractivity contribution in [1.82, 2.24) is 10.1 Å². The molecule has 2 N–H and O–H groups in total. The average Bonchev–Trinajstić information content (AvgIpc) is 2.88. The van der Waals surface area contributed by atoms with E-state index in [2.05, 4.69) is 10.1 Å². The molecule has 1 unspecified atom stereocenters. The second-order valence-electron chi connectivity index (χ2n) is 5.39. The van der Waals surface area contributed by atoms with Crippen molar-refractivity contribution in [1.29, 1.82) is 0 Å². The second-order valence-corrected chi connectivity index (χ2v) is 5.39. The van der Waals surface area contributed by atoms with Crippen LogP contribution in [0.4, 0.5) is 0 Å². The summed E-state index contributed by atoms with van der Waals surface area (Å²) in [4.78, 5) is 4.38. The van der Waals surface area contributed by atoms with E-state index in [-0.39, 0.29) is 6.10 Å². The van der Waals surface area contributed by atoms with E-state index in [1.165, 1.54) is 0 Å². The van der Waals surface area contributed by atoms with Gasteiger partial charge in [0.05, 0.1) is 11.6 Å². The lowest BCUT2D eigenvalue weighted by Crippen LogP contribution is -2.33. The molecule has 5 nitrogen and oxygen atoms in total. The highest BCUT2D eigenvalue weighted by Crippen LogP contribution is 2.26. The lowest BCUT2D eigenvalue weighted by molar-refractivity contribution is 0.242. The maximum atomic E-state index is 6.11. The Labute approximate surface area is 119 Å². The minimum atomic E-state index is -0.576. The van der Waals surface area contributed by atoms with Gasteiger partial charge in [-0.05, 0) is 45.4 Å². The van der Waals surface area contributed by atoms with Crippen LogP contribution in [0.5, 0.6) is 5.75 Å². The first-order chi connectivity index (χ1) is 9.42. The van der Waals surface area contributed by atoms with E-state index in [1.54, 1.807) is 0 Å². The lowest BCUT2D eigenvalue weighted by atomic mass is 10.00. The molecule has 0 radical (unpaired) electrons. The first-order valence-corrected chi connectivity index (χ1v) is 6.82. The molecule has 0 fully saturated rings. The lowest BCUT2D eigenvalue weighted by Gasteiger charge is -2.16. The number of nitrogens with zero attached hydrogens (tertiary/aromatic N) is 2. The van der Waals surface area contributed by atoms with Gasteiger partial charge in [0.1, 0.15) is 5.75 Å². The minimum absolute atomic E-state index is 0.121. The molecule has 0 aliphatic rings. The molecule has 2 rings (SSSR count). The number of hydrogen-bond donors (Lipinski definition) is 1. The van der Waals surface area contributed by atoms with Gasteiger partial charge in [-0.25, -0.2) is 0 Å². The molecule has 1 aromatic heterocycles. The molecular weight excluding hydrogens is 254 g/mol. The third-order valence-corrected chi connectivity index (χ3v) is 3.12. The quantitative estimate of drug-likeness (QED) is 0.907. The maximum absolute atomic E-state index is 6.11. The molecule has 20 heavy (non-hydrogen) atoms. The fourth-order valence-electron chi connectivity index (χ4n) is 1.71. The molecule has 1 atom stereocenters. The first-order valence-electron chi connectivity index (χ1n) is 6.82. The van der Waals surface area contributed by atoms with Crippen LogP contribution in [0, 0.1) is 0 Å². The molecule has 1 heterocycles. The van der Waals surface area contributed by atoms with E-state index < -0.39 is 5.54 Å². The smallest absolute Gasteiger partial charge is 0.258 e. The Hall–Kier alpha value is -1.88. The van der Waals surface area contributed by atoms with Crippen LogP contribution in [-0.4, -0.2) is 16.2 Å². The summed E-state index contributed by atoms with van der Waals surface area (Å²) in [6.07, 6.45) is 0.860. The monoisotopic (exact) mass is 275 g/mol. The van der Waals surface area contributed by atoms with Crippen molar-refractivity contribution >= 4 is 0 Å². The van der Waals surface area contributed by atoms with Crippen LogP contribution < -0.4 is 10.5 Å². The van der Waals surface area contributed by atoms with E-state index in [1.807, 2.05) is 52.0 Å². The summed E-state index contributed by atoms with van der Waals surface area (Å²) < 4.78 is 11.0. The van der Waals surface area contributed by atoms with Gasteiger partial charge in [-0.1, -0.05) is 18.1 Å². The van der Waals surface area contributed by atoms with Gasteiger partial charge >= 0.3 is 0 Å². The Morgan fingerprint density at radius 3 is 2.80 bits per heavy atom. The maximum Gasteiger partial charge on any atom is 0.258 e. The number of hydrogen-bond acceptors (Lipinski definition) is 5. The van der Waals surface area contributed by atoms with Gasteiger partial charge in [-0.2, -0.15) is 4.98 Å². The Morgan fingerprint density at radius 2 is 2.15 bits per heavy atom. The summed E-state index contributed by atoms with van der Waals surface area (Å²) in [5.74, 6) is 1.76. The van der Waals surface area contributed by atoms with Gasteiger partial charge in [0.15, 0.2) is 5.82 Å². The standard InChI is InChI=1S/C15H21N3O2/c1-5-15(4,16)14-17-13(20-18-14)11-7-6-8-12(9-11)19-10(2)3/h6-10H,5,16H2,1-4H3. The number of aromatic nitrogens is 2. The number of nitrogens with two attached hydrogens (primary N) is 1. The summed E-state index contributed by atoms with van der Waals surface area (Å²) in [7, 11) is 0. The molecule has 1 aromatic carbocycles. The average molecular weight is 275 g/mol. The van der Waals surface area contributed by atoms with Crippen molar-refractivity contribution in [2.45, 2.75) is 45.8 Å². The highest BCUT2D eigenvalue weighted by atomic mass is 16.5. The van der Waals surface area contributed by atoms with E-state index in [0.29, 0.717) is 11.7 Å². The molecule has 0 aliphatic carbocycles. The number of rotatable bonds is 5. The second kappa shape index (κ2) is 5.63. The third-order valence-electron chi connectivity index (χ3n) is 3.12. The van der Waals surface area contributed by atoms with Crippen molar-refractivity contribution in [3.05, 3.63) is 30.1 Å². The predicted molar refractivity (Wildman–Crippen MR) is 77.3 cm³/mol. The van der Waals surface area contributed by atoms with Crippen LogP contribution in [0.3, 0.4) is 0 Å². The Balaban J connectivity index is 2.28. The van der Waals surface area contributed by atoms with Crippen molar-refractivity contribution in [2.24, 2.45) is 5.73 Å². The summed E-state index contributed by atoms with van der Waals surface area (Å²) in [5.41, 5.74) is 6.37. The normalized spacial score (nSPS) is 14.3. The molecule has 5 heteroatoms. The van der Waals surface area contributed by atoms with Gasteiger partial charge < -0.3 is 15.0 Å². The summed E-state index contributed by atoms with van der Waals surface area (Å²) in [5, 5.41) is 3.97. The van der Waals surface area contributed by atoms with Crippen LogP contribution in [0.15, 0.2) is 28.8 Å². The molecule has 2 aromatic rings. The molecule has 0 saturated heterocycles. The first kappa shape index (κ1) is 14.5. The van der Waals surface area contributed by atoms with E-state index in [4.69, 9.17) is 15.0 Å². The third kappa shape index (κ3) is 3.17. The molecule has 0 bridgehead atoms. The fraction of sp³-hybridized carbons (Fsp3) is 0.467. The largest absolute Gasteiger partial charge is 0.491 e. The zero-order chi connectivity index (χ0) is 14.8. The van der Waals surface area contributed by atoms with Crippen molar-refractivity contribution in [3.8, 4) is 17.2 Å². The summed E-state index contributed by atoms with van der Waals surface area (Å²) >= 11 is 0. The van der Waals surface area contributed by atoms with Crippen molar-refractivity contribution < 1.29 is 9.26 Å². The SMILES string of the molecule is CCC(C)(N)c1noc(-c2cccc(OC(C)C)c2)n1. The topological polar surface area (TPSA) is 74.2 Å². The zero-order valence-electron chi connectivity index (χ0n) is 12.4. The van der Waals surface area contributed by atoms with E-state index >= 15 is 0 Å². The van der Waals surface area contributed by atoms with Crippen LogP contribution in [0.1, 0.15) is 39.9 Å². The number of ether oxygens (including phenoxy) is 1. The Morgan fingerprint density at radius 1 is 1.40 bits per heavy atom. The Bertz CT molecular complexity index is 576. The van der Waals surface area contributed by atoms with Gasteiger partial charge in [-0.15, -0.1) is 0 Å². The van der Waals surface area contributed by atoms with Crippen LogP contribution in [0.25, 0.3) is 11.5 Å². The van der Waals surface area contributed by atoms with E-state index in [9.17, 15) is 0 Å². The van der Waals surface area contributed by atoms with E-state index in [0.717, 1.165) is 17.7 Å². The summed E-state index contributed by atoms with van der Waals surface area (Å²) in [6.45, 7) is 7.85. The van der Waals surface area contributed by atoms with Crippen LogP contribution in [-0.2, 0) is 5.54 Å². The van der Waals surface area contributed by atoms with Gasteiger partial charge in [0.25, 0.3) is 5.89 Å². The van der Waals surface area contributed by atoms with Gasteiger partial charge in [-0.3, -0.25) is 0 Å². The number of benzene rings is 1. The molecule has 0 aliphatic heterocycles. The highest BCUT2D eigenvalue weighted by Gasteiger charge is 2.25. The van der Waals surface area contributed by atoms with Gasteiger partial charge in [0, 0.05) is 5.56 Å². The van der Waals surface area contributed by atoms with Gasteiger partial charge in [0.2, 0.25) is 0 Å². The van der Waals surface area contributed by atoms with Crippen LogP contribution >= 0.6 is 0 Å².